The maximum atomic E-state index is 10.9. The van der Waals surface area contributed by atoms with Crippen LogP contribution in [0.3, 0.4) is 0 Å². The van der Waals surface area contributed by atoms with Crippen molar-refractivity contribution in [3.05, 3.63) is 0 Å². The van der Waals surface area contributed by atoms with E-state index >= 15 is 0 Å². The van der Waals surface area contributed by atoms with Crippen LogP contribution in [0.1, 0.15) is 13.3 Å². The number of likely N-dealkylation sites (N-methyl/N-ethyl adjacent to an activating group) is 1. The Kier molecular flexibility index (Phi) is 10.9. The first-order valence-electron chi connectivity index (χ1n) is 5.27. The molecule has 0 fully saturated rings. The SMILES string of the molecule is CCOC(=O)CCOCCOCCNC. The molecule has 0 atom stereocenters. The Bertz CT molecular complexity index is 152. The molecule has 90 valence electrons. The molecule has 0 spiro atoms. The Balaban J connectivity index is 3.01. The Morgan fingerprint density at radius 3 is 2.40 bits per heavy atom. The molecule has 0 heterocycles. The minimum absolute atomic E-state index is 0.214. The molecule has 0 radical (unpaired) electrons. The first-order chi connectivity index (χ1) is 7.31. The first kappa shape index (κ1) is 14.3. The second kappa shape index (κ2) is 11.4. The summed E-state index contributed by atoms with van der Waals surface area (Å²) in [7, 11) is 1.87. The highest BCUT2D eigenvalue weighted by Crippen LogP contribution is 1.88. The van der Waals surface area contributed by atoms with E-state index in [1.807, 2.05) is 7.05 Å². The summed E-state index contributed by atoms with van der Waals surface area (Å²) >= 11 is 0. The third-order valence-corrected chi connectivity index (χ3v) is 1.62. The number of nitrogens with one attached hydrogen (secondary N) is 1. The summed E-state index contributed by atoms with van der Waals surface area (Å²) in [6.07, 6.45) is 0.310. The van der Waals surface area contributed by atoms with E-state index in [1.165, 1.54) is 0 Å². The number of carbonyl (C=O) groups excluding carboxylic acids is 1. The highest BCUT2D eigenvalue weighted by atomic mass is 16.5. The van der Waals surface area contributed by atoms with Gasteiger partial charge in [-0.15, -0.1) is 0 Å². The number of rotatable bonds is 10. The lowest BCUT2D eigenvalue weighted by Gasteiger charge is -2.05. The van der Waals surface area contributed by atoms with E-state index in [0.717, 1.165) is 6.54 Å². The molecule has 0 aliphatic rings. The normalized spacial score (nSPS) is 10.3. The molecule has 0 aromatic carbocycles. The Labute approximate surface area is 91.1 Å². The second-order valence-corrected chi connectivity index (χ2v) is 2.88. The zero-order chi connectivity index (χ0) is 11.4. The van der Waals surface area contributed by atoms with E-state index in [4.69, 9.17) is 14.2 Å². The van der Waals surface area contributed by atoms with Crippen LogP contribution in [0.2, 0.25) is 0 Å². The molecule has 0 aromatic rings. The van der Waals surface area contributed by atoms with Crippen molar-refractivity contribution in [3.63, 3.8) is 0 Å². The number of hydrogen-bond acceptors (Lipinski definition) is 5. The number of hydrogen-bond donors (Lipinski definition) is 1. The average molecular weight is 219 g/mol. The van der Waals surface area contributed by atoms with Gasteiger partial charge in [0.25, 0.3) is 0 Å². The summed E-state index contributed by atoms with van der Waals surface area (Å²) in [6.45, 7) is 5.20. The monoisotopic (exact) mass is 219 g/mol. The van der Waals surface area contributed by atoms with Crippen molar-refractivity contribution in [1.29, 1.82) is 0 Å². The van der Waals surface area contributed by atoms with Gasteiger partial charge in [0, 0.05) is 6.54 Å². The van der Waals surface area contributed by atoms with Gasteiger partial charge in [-0.05, 0) is 14.0 Å². The molecule has 0 amide bonds. The summed E-state index contributed by atoms with van der Waals surface area (Å²) in [6, 6.07) is 0. The molecule has 0 saturated heterocycles. The Morgan fingerprint density at radius 1 is 1.13 bits per heavy atom. The third-order valence-electron chi connectivity index (χ3n) is 1.62. The van der Waals surface area contributed by atoms with Crippen molar-refractivity contribution in [2.24, 2.45) is 0 Å². The molecule has 0 bridgehead atoms. The van der Waals surface area contributed by atoms with E-state index in [2.05, 4.69) is 5.32 Å². The van der Waals surface area contributed by atoms with Crippen LogP contribution in [-0.2, 0) is 19.0 Å². The van der Waals surface area contributed by atoms with Crippen LogP contribution in [-0.4, -0.2) is 52.6 Å². The largest absolute Gasteiger partial charge is 0.466 e. The Morgan fingerprint density at radius 2 is 1.80 bits per heavy atom. The molecule has 0 aliphatic carbocycles. The predicted molar refractivity (Wildman–Crippen MR) is 56.8 cm³/mol. The van der Waals surface area contributed by atoms with E-state index in [0.29, 0.717) is 39.5 Å². The smallest absolute Gasteiger partial charge is 0.308 e. The molecule has 0 rings (SSSR count). The lowest BCUT2D eigenvalue weighted by atomic mass is 10.5. The fourth-order valence-corrected chi connectivity index (χ4v) is 0.885. The van der Waals surface area contributed by atoms with Crippen molar-refractivity contribution in [2.45, 2.75) is 13.3 Å². The molecule has 15 heavy (non-hydrogen) atoms. The number of esters is 1. The minimum atomic E-state index is -0.214. The van der Waals surface area contributed by atoms with Crippen LogP contribution in [0, 0.1) is 0 Å². The standard InChI is InChI=1S/C10H21NO4/c1-3-15-10(12)4-6-13-8-9-14-7-5-11-2/h11H,3-9H2,1-2H3. The maximum Gasteiger partial charge on any atom is 0.308 e. The van der Waals surface area contributed by atoms with E-state index < -0.39 is 0 Å². The van der Waals surface area contributed by atoms with Gasteiger partial charge in [0.05, 0.1) is 39.5 Å². The molecule has 0 aliphatic heterocycles. The molecular weight excluding hydrogens is 198 g/mol. The molecule has 0 saturated carbocycles. The van der Waals surface area contributed by atoms with Crippen molar-refractivity contribution in [2.75, 3.05) is 46.6 Å². The van der Waals surface area contributed by atoms with Crippen LogP contribution in [0.4, 0.5) is 0 Å². The molecule has 5 nitrogen and oxygen atoms in total. The van der Waals surface area contributed by atoms with Crippen molar-refractivity contribution < 1.29 is 19.0 Å². The van der Waals surface area contributed by atoms with Crippen molar-refractivity contribution in [3.8, 4) is 0 Å². The topological polar surface area (TPSA) is 56.8 Å². The van der Waals surface area contributed by atoms with Gasteiger partial charge < -0.3 is 19.5 Å². The van der Waals surface area contributed by atoms with Crippen molar-refractivity contribution in [1.82, 2.24) is 5.32 Å². The van der Waals surface area contributed by atoms with Gasteiger partial charge in [0.2, 0.25) is 0 Å². The Hall–Kier alpha value is -0.650. The summed E-state index contributed by atoms with van der Waals surface area (Å²) in [5.74, 6) is -0.214. The lowest BCUT2D eigenvalue weighted by molar-refractivity contribution is -0.144. The first-order valence-corrected chi connectivity index (χ1v) is 5.27. The average Bonchev–Trinajstić information content (AvgIpc) is 2.22. The van der Waals surface area contributed by atoms with E-state index in [9.17, 15) is 4.79 Å². The number of ether oxygens (including phenoxy) is 3. The van der Waals surface area contributed by atoms with E-state index in [1.54, 1.807) is 6.92 Å². The fraction of sp³-hybridized carbons (Fsp3) is 0.900. The quantitative estimate of drug-likeness (QED) is 0.420. The van der Waals surface area contributed by atoms with Crippen LogP contribution in [0.15, 0.2) is 0 Å². The van der Waals surface area contributed by atoms with E-state index in [-0.39, 0.29) is 5.97 Å². The molecule has 0 aromatic heterocycles. The van der Waals surface area contributed by atoms with Crippen LogP contribution in [0.5, 0.6) is 0 Å². The lowest BCUT2D eigenvalue weighted by Crippen LogP contribution is -2.16. The molecule has 0 unspecified atom stereocenters. The zero-order valence-electron chi connectivity index (χ0n) is 9.58. The highest BCUT2D eigenvalue weighted by Gasteiger charge is 2.00. The predicted octanol–water partition coefficient (Wildman–Crippen LogP) is 0.192. The summed E-state index contributed by atoms with van der Waals surface area (Å²) in [5, 5.41) is 2.97. The second-order valence-electron chi connectivity index (χ2n) is 2.88. The molecule has 1 N–H and O–H groups in total. The van der Waals surface area contributed by atoms with Gasteiger partial charge in [0.1, 0.15) is 0 Å². The summed E-state index contributed by atoms with van der Waals surface area (Å²) in [5.41, 5.74) is 0. The van der Waals surface area contributed by atoms with Crippen LogP contribution < -0.4 is 5.32 Å². The van der Waals surface area contributed by atoms with Gasteiger partial charge in [-0.3, -0.25) is 4.79 Å². The summed E-state index contributed by atoms with van der Waals surface area (Å²) in [4.78, 5) is 10.9. The molecular formula is C10H21NO4. The molecule has 5 heteroatoms. The van der Waals surface area contributed by atoms with Gasteiger partial charge in [0.15, 0.2) is 0 Å². The van der Waals surface area contributed by atoms with Gasteiger partial charge >= 0.3 is 5.97 Å². The number of carbonyl (C=O) groups is 1. The van der Waals surface area contributed by atoms with Gasteiger partial charge in [-0.2, -0.15) is 0 Å². The fourth-order valence-electron chi connectivity index (χ4n) is 0.885. The highest BCUT2D eigenvalue weighted by molar-refractivity contribution is 5.69. The van der Waals surface area contributed by atoms with Crippen molar-refractivity contribution >= 4 is 5.97 Å². The summed E-state index contributed by atoms with van der Waals surface area (Å²) < 4.78 is 15.2. The van der Waals surface area contributed by atoms with Gasteiger partial charge in [-0.25, -0.2) is 0 Å². The zero-order valence-corrected chi connectivity index (χ0v) is 9.58. The maximum absolute atomic E-state index is 10.9. The van der Waals surface area contributed by atoms with Crippen LogP contribution in [0.25, 0.3) is 0 Å². The van der Waals surface area contributed by atoms with Gasteiger partial charge in [-0.1, -0.05) is 0 Å². The third kappa shape index (κ3) is 11.3. The minimum Gasteiger partial charge on any atom is -0.466 e. The van der Waals surface area contributed by atoms with Crippen LogP contribution >= 0.6 is 0 Å².